The highest BCUT2D eigenvalue weighted by Gasteiger charge is 2.23. The van der Waals surface area contributed by atoms with E-state index in [4.69, 9.17) is 16.3 Å². The summed E-state index contributed by atoms with van der Waals surface area (Å²) < 4.78 is 8.05. The summed E-state index contributed by atoms with van der Waals surface area (Å²) in [4.78, 5) is 0. The average molecular weight is 436 g/mol. The summed E-state index contributed by atoms with van der Waals surface area (Å²) in [6.45, 7) is 1.82. The molecule has 2 heterocycles. The highest BCUT2D eigenvalue weighted by atomic mass is 35.5. The van der Waals surface area contributed by atoms with Crippen LogP contribution in [0.25, 0.3) is 22.0 Å². The first-order chi connectivity index (χ1) is 14.9. The number of aromatic nitrogens is 1. The van der Waals surface area contributed by atoms with Crippen molar-refractivity contribution in [1.29, 1.82) is 0 Å². The van der Waals surface area contributed by atoms with E-state index in [1.807, 2.05) is 32.3 Å². The van der Waals surface area contributed by atoms with Gasteiger partial charge in [-0.3, -0.25) is 0 Å². The molecule has 0 bridgehead atoms. The van der Waals surface area contributed by atoms with Gasteiger partial charge in [-0.25, -0.2) is 0 Å². The van der Waals surface area contributed by atoms with Crippen LogP contribution in [-0.2, 0) is 7.05 Å². The molecule has 4 aromatic rings. The molecular formula is C24H22ClN3O3. The number of benzene rings is 3. The van der Waals surface area contributed by atoms with Crippen LogP contribution < -0.4 is 15.4 Å². The molecule has 1 atom stereocenters. The number of aryl methyl sites for hydroxylation is 2. The number of rotatable bonds is 4. The maximum atomic E-state index is 9.52. The van der Waals surface area contributed by atoms with E-state index in [-0.39, 0.29) is 0 Å². The Hall–Kier alpha value is -3.19. The van der Waals surface area contributed by atoms with Crippen LogP contribution in [-0.4, -0.2) is 21.1 Å². The number of hydrogen-bond acceptors (Lipinski definition) is 5. The third-order valence-electron chi connectivity index (χ3n) is 5.66. The van der Waals surface area contributed by atoms with Crippen LogP contribution >= 0.6 is 11.6 Å². The summed E-state index contributed by atoms with van der Waals surface area (Å²) in [6, 6.07) is 17.5. The molecule has 0 amide bonds. The van der Waals surface area contributed by atoms with Crippen molar-refractivity contribution in [3.05, 3.63) is 76.9 Å². The number of aliphatic hydroxyl groups is 2. The maximum Gasteiger partial charge on any atom is 0.248 e. The van der Waals surface area contributed by atoms with E-state index in [0.29, 0.717) is 16.3 Å². The molecule has 6 nitrogen and oxygen atoms in total. The van der Waals surface area contributed by atoms with Gasteiger partial charge in [0.1, 0.15) is 5.75 Å². The number of nitrogens with one attached hydrogen (secondary N) is 2. The van der Waals surface area contributed by atoms with Gasteiger partial charge in [0, 0.05) is 35.3 Å². The van der Waals surface area contributed by atoms with Crippen LogP contribution in [0.15, 0.2) is 60.8 Å². The van der Waals surface area contributed by atoms with E-state index in [1.165, 1.54) is 5.52 Å². The SMILES string of the molecule is Cc1ccc(OC2Nc3cc(Cl)c(-c4ccc5c(ccn5C)c4)cc3N2)cc1C(O)O. The van der Waals surface area contributed by atoms with Crippen LogP contribution in [0, 0.1) is 6.92 Å². The van der Waals surface area contributed by atoms with E-state index in [0.717, 1.165) is 33.5 Å². The Morgan fingerprint density at radius 3 is 2.55 bits per heavy atom. The largest absolute Gasteiger partial charge is 0.453 e. The van der Waals surface area contributed by atoms with E-state index >= 15 is 0 Å². The van der Waals surface area contributed by atoms with Crippen molar-refractivity contribution in [3.8, 4) is 16.9 Å². The van der Waals surface area contributed by atoms with Gasteiger partial charge >= 0.3 is 0 Å². The zero-order valence-electron chi connectivity index (χ0n) is 17.1. The molecule has 0 spiro atoms. The van der Waals surface area contributed by atoms with Gasteiger partial charge in [-0.2, -0.15) is 0 Å². The molecule has 0 fully saturated rings. The topological polar surface area (TPSA) is 78.7 Å². The number of fused-ring (bicyclic) bond motifs is 2. The Morgan fingerprint density at radius 1 is 1.00 bits per heavy atom. The van der Waals surface area contributed by atoms with Crippen LogP contribution in [0.2, 0.25) is 5.02 Å². The second-order valence-corrected chi connectivity index (χ2v) is 8.16. The standard InChI is InChI=1S/C24H22ClN3O3/c1-13-3-5-16(10-17(13)23(29)30)31-24-26-20-11-18(19(25)12-21(20)27-24)14-4-6-22-15(9-14)7-8-28(22)2/h3-12,23-24,26-27,29-30H,1-2H3. The molecule has 1 aromatic heterocycles. The normalized spacial score (nSPS) is 15.1. The van der Waals surface area contributed by atoms with E-state index < -0.39 is 12.6 Å². The van der Waals surface area contributed by atoms with Crippen LogP contribution in [0.4, 0.5) is 11.4 Å². The second kappa shape index (κ2) is 7.50. The second-order valence-electron chi connectivity index (χ2n) is 7.76. The Bertz CT molecular complexity index is 1300. The lowest BCUT2D eigenvalue weighted by molar-refractivity contribution is -0.0431. The Labute approximate surface area is 184 Å². The number of halogens is 1. The lowest BCUT2D eigenvalue weighted by atomic mass is 10.0. The summed E-state index contributed by atoms with van der Waals surface area (Å²) in [5, 5.41) is 27.4. The third-order valence-corrected chi connectivity index (χ3v) is 5.97. The molecule has 5 rings (SSSR count). The Kier molecular flexibility index (Phi) is 4.78. The van der Waals surface area contributed by atoms with E-state index in [2.05, 4.69) is 39.5 Å². The number of aliphatic hydroxyl groups excluding tert-OH is 1. The van der Waals surface area contributed by atoms with Crippen molar-refractivity contribution in [2.45, 2.75) is 19.6 Å². The van der Waals surface area contributed by atoms with Gasteiger partial charge in [-0.15, -0.1) is 0 Å². The molecular weight excluding hydrogens is 414 g/mol. The molecule has 0 saturated heterocycles. The van der Waals surface area contributed by atoms with Gasteiger partial charge in [0.25, 0.3) is 0 Å². The van der Waals surface area contributed by atoms with Gasteiger partial charge in [0.2, 0.25) is 6.35 Å². The van der Waals surface area contributed by atoms with Crippen molar-refractivity contribution in [2.75, 3.05) is 10.6 Å². The minimum absolute atomic E-state index is 0.412. The van der Waals surface area contributed by atoms with Gasteiger partial charge in [0.05, 0.1) is 16.4 Å². The predicted octanol–water partition coefficient (Wildman–Crippen LogP) is 4.99. The monoisotopic (exact) mass is 435 g/mol. The fourth-order valence-electron chi connectivity index (χ4n) is 3.97. The number of ether oxygens (including phenoxy) is 1. The van der Waals surface area contributed by atoms with Gasteiger partial charge in [-0.05, 0) is 60.5 Å². The highest BCUT2D eigenvalue weighted by Crippen LogP contribution is 2.40. The molecule has 7 heteroatoms. The Balaban J connectivity index is 1.40. The molecule has 0 aliphatic carbocycles. The fraction of sp³-hybridized carbons (Fsp3) is 0.167. The summed E-state index contributed by atoms with van der Waals surface area (Å²) in [6.07, 6.45) is -0.0174. The van der Waals surface area contributed by atoms with Crippen molar-refractivity contribution >= 4 is 33.9 Å². The molecule has 1 aliphatic rings. The van der Waals surface area contributed by atoms with Crippen molar-refractivity contribution in [1.82, 2.24) is 4.57 Å². The van der Waals surface area contributed by atoms with Crippen LogP contribution in [0.5, 0.6) is 5.75 Å². The molecule has 158 valence electrons. The number of anilines is 2. The lowest BCUT2D eigenvalue weighted by Gasteiger charge is -2.17. The first-order valence-corrected chi connectivity index (χ1v) is 10.3. The fourth-order valence-corrected chi connectivity index (χ4v) is 4.24. The maximum absolute atomic E-state index is 9.52. The van der Waals surface area contributed by atoms with Crippen molar-refractivity contribution in [3.63, 3.8) is 0 Å². The van der Waals surface area contributed by atoms with Crippen molar-refractivity contribution in [2.24, 2.45) is 7.05 Å². The minimum atomic E-state index is -1.55. The minimum Gasteiger partial charge on any atom is -0.453 e. The molecule has 1 aliphatic heterocycles. The molecule has 3 aromatic carbocycles. The molecule has 31 heavy (non-hydrogen) atoms. The quantitative estimate of drug-likeness (QED) is 0.340. The van der Waals surface area contributed by atoms with Crippen LogP contribution in [0.1, 0.15) is 17.4 Å². The summed E-state index contributed by atoms with van der Waals surface area (Å²) in [7, 11) is 2.03. The third kappa shape index (κ3) is 3.59. The molecule has 4 N–H and O–H groups in total. The number of nitrogens with zero attached hydrogens (tertiary/aromatic N) is 1. The number of hydrogen-bond donors (Lipinski definition) is 4. The smallest absolute Gasteiger partial charge is 0.248 e. The summed E-state index contributed by atoms with van der Waals surface area (Å²) in [5.41, 5.74) is 6.06. The average Bonchev–Trinajstić information content (AvgIpc) is 3.30. The Morgan fingerprint density at radius 2 is 1.77 bits per heavy atom. The molecule has 0 radical (unpaired) electrons. The van der Waals surface area contributed by atoms with Gasteiger partial charge in [0.15, 0.2) is 6.29 Å². The summed E-state index contributed by atoms with van der Waals surface area (Å²) >= 11 is 6.61. The lowest BCUT2D eigenvalue weighted by Crippen LogP contribution is -2.29. The predicted molar refractivity (Wildman–Crippen MR) is 123 cm³/mol. The zero-order chi connectivity index (χ0) is 21.7. The highest BCUT2D eigenvalue weighted by molar-refractivity contribution is 6.34. The zero-order valence-corrected chi connectivity index (χ0v) is 17.8. The van der Waals surface area contributed by atoms with Gasteiger partial charge < -0.3 is 30.2 Å². The van der Waals surface area contributed by atoms with Crippen LogP contribution in [0.3, 0.4) is 0 Å². The van der Waals surface area contributed by atoms with Crippen molar-refractivity contribution < 1.29 is 14.9 Å². The van der Waals surface area contributed by atoms with E-state index in [1.54, 1.807) is 18.2 Å². The first-order valence-electron chi connectivity index (χ1n) is 9.94. The molecule has 0 saturated carbocycles. The van der Waals surface area contributed by atoms with Gasteiger partial charge in [-0.1, -0.05) is 23.7 Å². The van der Waals surface area contributed by atoms with E-state index in [9.17, 15) is 10.2 Å². The first kappa shape index (κ1) is 19.8. The molecule has 1 unspecified atom stereocenters. The summed E-state index contributed by atoms with van der Waals surface area (Å²) in [5.74, 6) is 0.521.